The number of amides is 2. The summed E-state index contributed by atoms with van der Waals surface area (Å²) in [6.07, 6.45) is 0.0300. The van der Waals surface area contributed by atoms with Gasteiger partial charge in [0, 0.05) is 31.1 Å². The van der Waals surface area contributed by atoms with Crippen molar-refractivity contribution < 1.29 is 28.2 Å². The minimum atomic E-state index is -0.565. The monoisotopic (exact) mass is 416 g/mol. The molecule has 0 radical (unpaired) electrons. The molecule has 0 spiro atoms. The van der Waals surface area contributed by atoms with Crippen molar-refractivity contribution >= 4 is 17.5 Å². The van der Waals surface area contributed by atoms with Gasteiger partial charge in [0.05, 0.1) is 32.9 Å². The normalized spacial score (nSPS) is 15.8. The second kappa shape index (κ2) is 9.02. The lowest BCUT2D eigenvalue weighted by molar-refractivity contribution is -0.126. The van der Waals surface area contributed by atoms with E-state index in [4.69, 9.17) is 14.2 Å². The maximum atomic E-state index is 14.3. The summed E-state index contributed by atoms with van der Waals surface area (Å²) in [7, 11) is 4.57. The van der Waals surface area contributed by atoms with Crippen LogP contribution in [0, 0.1) is 18.7 Å². The summed E-state index contributed by atoms with van der Waals surface area (Å²) >= 11 is 0. The molecule has 160 valence electrons. The SMILES string of the molecule is COc1cc(OC)c(OC)cc1CNC(=O)C1CC(=O)N(c2ccc(C)cc2F)C1. The Hall–Kier alpha value is -3.29. The van der Waals surface area contributed by atoms with Crippen LogP contribution >= 0.6 is 0 Å². The predicted molar refractivity (Wildman–Crippen MR) is 110 cm³/mol. The number of rotatable bonds is 7. The van der Waals surface area contributed by atoms with E-state index in [9.17, 15) is 14.0 Å². The highest BCUT2D eigenvalue weighted by atomic mass is 19.1. The van der Waals surface area contributed by atoms with Gasteiger partial charge in [-0.1, -0.05) is 6.07 Å². The number of benzene rings is 2. The largest absolute Gasteiger partial charge is 0.496 e. The first-order valence-corrected chi connectivity index (χ1v) is 9.51. The van der Waals surface area contributed by atoms with Gasteiger partial charge in [-0.15, -0.1) is 0 Å². The second-order valence-corrected chi connectivity index (χ2v) is 7.10. The molecule has 8 heteroatoms. The lowest BCUT2D eigenvalue weighted by Gasteiger charge is -2.18. The number of hydrogen-bond acceptors (Lipinski definition) is 5. The van der Waals surface area contributed by atoms with Crippen LogP contribution in [0.1, 0.15) is 17.5 Å². The maximum absolute atomic E-state index is 14.3. The molecule has 1 aliphatic heterocycles. The van der Waals surface area contributed by atoms with E-state index in [1.807, 2.05) is 0 Å². The van der Waals surface area contributed by atoms with Gasteiger partial charge in [-0.3, -0.25) is 9.59 Å². The van der Waals surface area contributed by atoms with Gasteiger partial charge in [0.1, 0.15) is 11.6 Å². The molecule has 30 heavy (non-hydrogen) atoms. The van der Waals surface area contributed by atoms with Gasteiger partial charge < -0.3 is 24.4 Å². The first kappa shape index (κ1) is 21.4. The summed E-state index contributed by atoms with van der Waals surface area (Å²) in [4.78, 5) is 26.4. The standard InChI is InChI=1S/C22H25FN2O5/c1-13-5-6-17(16(23)7-13)25-12-15(9-21(25)26)22(27)24-11-14-8-19(29-3)20(30-4)10-18(14)28-2/h5-8,10,15H,9,11-12H2,1-4H3,(H,24,27). The first-order chi connectivity index (χ1) is 14.4. The Morgan fingerprint density at radius 1 is 1.10 bits per heavy atom. The van der Waals surface area contributed by atoms with E-state index < -0.39 is 11.7 Å². The number of nitrogens with zero attached hydrogens (tertiary/aromatic N) is 1. The average Bonchev–Trinajstić information content (AvgIpc) is 3.12. The molecule has 2 aromatic rings. The number of methoxy groups -OCH3 is 3. The molecule has 0 aromatic heterocycles. The quantitative estimate of drug-likeness (QED) is 0.751. The number of nitrogens with one attached hydrogen (secondary N) is 1. The predicted octanol–water partition coefficient (Wildman–Crippen LogP) is 2.83. The number of carbonyl (C=O) groups excluding carboxylic acids is 2. The maximum Gasteiger partial charge on any atom is 0.227 e. The highest BCUT2D eigenvalue weighted by Gasteiger charge is 2.36. The van der Waals surface area contributed by atoms with Crippen LogP contribution in [-0.2, 0) is 16.1 Å². The third-order valence-corrected chi connectivity index (χ3v) is 5.13. The number of anilines is 1. The summed E-state index contributed by atoms with van der Waals surface area (Å²) in [5.74, 6) is -0.0272. The van der Waals surface area contributed by atoms with Crippen molar-refractivity contribution in [2.24, 2.45) is 5.92 Å². The fourth-order valence-electron chi connectivity index (χ4n) is 3.50. The second-order valence-electron chi connectivity index (χ2n) is 7.10. The van der Waals surface area contributed by atoms with Crippen LogP contribution in [0.15, 0.2) is 30.3 Å². The van der Waals surface area contributed by atoms with E-state index in [0.29, 0.717) is 22.8 Å². The number of halogens is 1. The van der Waals surface area contributed by atoms with Gasteiger partial charge in [0.25, 0.3) is 0 Å². The zero-order valence-electron chi connectivity index (χ0n) is 17.5. The van der Waals surface area contributed by atoms with Gasteiger partial charge in [0.15, 0.2) is 11.5 Å². The Morgan fingerprint density at radius 2 is 1.77 bits per heavy atom. The number of hydrogen-bond donors (Lipinski definition) is 1. The van der Waals surface area contributed by atoms with Crippen LogP contribution < -0.4 is 24.4 Å². The van der Waals surface area contributed by atoms with E-state index in [1.165, 1.54) is 32.3 Å². The molecular weight excluding hydrogens is 391 g/mol. The number of ether oxygens (including phenoxy) is 3. The highest BCUT2D eigenvalue weighted by Crippen LogP contribution is 2.34. The molecule has 1 N–H and O–H groups in total. The third-order valence-electron chi connectivity index (χ3n) is 5.13. The molecule has 1 heterocycles. The average molecular weight is 416 g/mol. The first-order valence-electron chi connectivity index (χ1n) is 9.51. The molecule has 0 bridgehead atoms. The van der Waals surface area contributed by atoms with E-state index >= 15 is 0 Å². The van der Waals surface area contributed by atoms with Crippen LogP contribution in [0.2, 0.25) is 0 Å². The van der Waals surface area contributed by atoms with Crippen LogP contribution in [0.3, 0.4) is 0 Å². The van der Waals surface area contributed by atoms with Crippen LogP contribution in [0.25, 0.3) is 0 Å². The molecule has 1 saturated heterocycles. The Kier molecular flexibility index (Phi) is 6.44. The van der Waals surface area contributed by atoms with Gasteiger partial charge in [-0.2, -0.15) is 0 Å². The van der Waals surface area contributed by atoms with Crippen molar-refractivity contribution in [3.8, 4) is 17.2 Å². The van der Waals surface area contributed by atoms with E-state index in [0.717, 1.165) is 5.56 Å². The van der Waals surface area contributed by atoms with Gasteiger partial charge in [-0.25, -0.2) is 4.39 Å². The third kappa shape index (κ3) is 4.32. The molecule has 3 rings (SSSR count). The van der Waals surface area contributed by atoms with Crippen molar-refractivity contribution in [1.82, 2.24) is 5.32 Å². The summed E-state index contributed by atoms with van der Waals surface area (Å²) < 4.78 is 30.2. The Labute approximate surface area is 174 Å². The fourth-order valence-corrected chi connectivity index (χ4v) is 3.50. The zero-order valence-corrected chi connectivity index (χ0v) is 17.5. The van der Waals surface area contributed by atoms with Crippen molar-refractivity contribution in [3.63, 3.8) is 0 Å². The molecule has 0 saturated carbocycles. The minimum absolute atomic E-state index is 0.0300. The molecule has 1 fully saturated rings. The fraction of sp³-hybridized carbons (Fsp3) is 0.364. The molecule has 2 aromatic carbocycles. The van der Waals surface area contributed by atoms with Crippen molar-refractivity contribution in [1.29, 1.82) is 0 Å². The van der Waals surface area contributed by atoms with Crippen LogP contribution in [0.5, 0.6) is 17.2 Å². The Balaban J connectivity index is 1.69. The molecule has 1 atom stereocenters. The van der Waals surface area contributed by atoms with Crippen LogP contribution in [-0.4, -0.2) is 39.7 Å². The lowest BCUT2D eigenvalue weighted by atomic mass is 10.1. The van der Waals surface area contributed by atoms with E-state index in [-0.39, 0.29) is 37.0 Å². The van der Waals surface area contributed by atoms with Crippen molar-refractivity contribution in [3.05, 3.63) is 47.3 Å². The lowest BCUT2D eigenvalue weighted by Crippen LogP contribution is -2.33. The number of aryl methyl sites for hydroxylation is 1. The van der Waals surface area contributed by atoms with Gasteiger partial charge in [-0.05, 0) is 30.7 Å². The number of carbonyl (C=O) groups is 2. The Morgan fingerprint density at radius 3 is 2.40 bits per heavy atom. The van der Waals surface area contributed by atoms with E-state index in [2.05, 4.69) is 5.32 Å². The van der Waals surface area contributed by atoms with Crippen LogP contribution in [0.4, 0.5) is 10.1 Å². The smallest absolute Gasteiger partial charge is 0.227 e. The molecule has 1 unspecified atom stereocenters. The van der Waals surface area contributed by atoms with Crippen molar-refractivity contribution in [2.75, 3.05) is 32.8 Å². The summed E-state index contributed by atoms with van der Waals surface area (Å²) in [5.41, 5.74) is 1.66. The zero-order chi connectivity index (χ0) is 21.8. The molecular formula is C22H25FN2O5. The highest BCUT2D eigenvalue weighted by molar-refractivity contribution is 6.00. The van der Waals surface area contributed by atoms with Gasteiger partial charge >= 0.3 is 0 Å². The topological polar surface area (TPSA) is 77.1 Å². The summed E-state index contributed by atoms with van der Waals surface area (Å²) in [6.45, 7) is 2.09. The summed E-state index contributed by atoms with van der Waals surface area (Å²) in [5, 5.41) is 2.83. The minimum Gasteiger partial charge on any atom is -0.496 e. The van der Waals surface area contributed by atoms with Crippen molar-refractivity contribution in [2.45, 2.75) is 19.9 Å². The molecule has 7 nitrogen and oxygen atoms in total. The molecule has 0 aliphatic carbocycles. The Bertz CT molecular complexity index is 963. The van der Waals surface area contributed by atoms with Gasteiger partial charge in [0.2, 0.25) is 11.8 Å². The van der Waals surface area contributed by atoms with E-state index in [1.54, 1.807) is 31.2 Å². The molecule has 2 amide bonds. The molecule has 1 aliphatic rings. The summed E-state index contributed by atoms with van der Waals surface area (Å²) in [6, 6.07) is 8.09.